The van der Waals surface area contributed by atoms with Gasteiger partial charge in [0, 0.05) is 13.6 Å². The second-order valence-electron chi connectivity index (χ2n) is 5.23. The number of hydrogen-bond donors (Lipinski definition) is 2. The molecule has 116 valence electrons. The fourth-order valence-electron chi connectivity index (χ4n) is 2.32. The molecule has 0 unspecified atom stereocenters. The summed E-state index contributed by atoms with van der Waals surface area (Å²) in [6.07, 6.45) is 0.665. The maximum atomic E-state index is 13.9. The molecule has 1 aliphatic rings. The van der Waals surface area contributed by atoms with E-state index in [0.717, 1.165) is 16.4 Å². The zero-order valence-corrected chi connectivity index (χ0v) is 12.2. The van der Waals surface area contributed by atoms with E-state index in [-0.39, 0.29) is 18.0 Å². The van der Waals surface area contributed by atoms with Gasteiger partial charge in [0.15, 0.2) is 0 Å². The Hall–Kier alpha value is -1.51. The lowest BCUT2D eigenvalue weighted by Gasteiger charge is -2.34. The summed E-state index contributed by atoms with van der Waals surface area (Å²) in [4.78, 5) is 10.2. The van der Waals surface area contributed by atoms with E-state index in [2.05, 4.69) is 0 Å². The minimum Gasteiger partial charge on any atom is -0.478 e. The predicted molar refractivity (Wildman–Crippen MR) is 71.9 cm³/mol. The summed E-state index contributed by atoms with van der Waals surface area (Å²) in [5.74, 6) is -2.36. The third-order valence-corrected chi connectivity index (χ3v) is 5.45. The number of rotatable bonds is 5. The molecule has 21 heavy (non-hydrogen) atoms. The molecule has 0 atom stereocenters. The summed E-state index contributed by atoms with van der Waals surface area (Å²) in [5, 5.41) is 17.9. The summed E-state index contributed by atoms with van der Waals surface area (Å²) in [6.45, 7) is 0.194. The first-order valence-corrected chi connectivity index (χ1v) is 7.83. The van der Waals surface area contributed by atoms with Gasteiger partial charge in [-0.15, -0.1) is 0 Å². The molecule has 1 saturated carbocycles. The Balaban J connectivity index is 2.20. The Labute approximate surface area is 121 Å². The van der Waals surface area contributed by atoms with Gasteiger partial charge >= 0.3 is 5.97 Å². The van der Waals surface area contributed by atoms with Crippen LogP contribution in [0.15, 0.2) is 23.1 Å². The molecule has 2 N–H and O–H groups in total. The molecule has 1 fully saturated rings. The average Bonchev–Trinajstić information content (AvgIpc) is 2.36. The van der Waals surface area contributed by atoms with Gasteiger partial charge < -0.3 is 10.2 Å². The highest BCUT2D eigenvalue weighted by Crippen LogP contribution is 2.29. The maximum Gasteiger partial charge on any atom is 0.335 e. The number of hydrogen-bond acceptors (Lipinski definition) is 4. The lowest BCUT2D eigenvalue weighted by Crippen LogP contribution is -2.39. The molecule has 0 aliphatic heterocycles. The van der Waals surface area contributed by atoms with Crippen molar-refractivity contribution < 1.29 is 27.8 Å². The van der Waals surface area contributed by atoms with Crippen molar-refractivity contribution in [1.82, 2.24) is 4.31 Å². The van der Waals surface area contributed by atoms with Crippen LogP contribution in [-0.4, -0.2) is 48.6 Å². The van der Waals surface area contributed by atoms with Crippen molar-refractivity contribution >= 4 is 16.0 Å². The first kappa shape index (κ1) is 15.9. The van der Waals surface area contributed by atoms with Crippen LogP contribution in [-0.2, 0) is 10.0 Å². The Morgan fingerprint density at radius 3 is 2.52 bits per heavy atom. The second kappa shape index (κ2) is 5.70. The van der Waals surface area contributed by atoms with Crippen LogP contribution < -0.4 is 0 Å². The summed E-state index contributed by atoms with van der Waals surface area (Å²) < 4.78 is 39.4. The zero-order chi connectivity index (χ0) is 15.8. The third kappa shape index (κ3) is 3.22. The Morgan fingerprint density at radius 2 is 2.05 bits per heavy atom. The molecule has 0 amide bonds. The number of aromatic carboxylic acids is 1. The SMILES string of the molecule is CN(CC1CC(O)C1)S(=O)(=O)c1ccc(C(=O)O)cc1F. The molecule has 0 heterocycles. The van der Waals surface area contributed by atoms with Crippen molar-refractivity contribution in [1.29, 1.82) is 0 Å². The van der Waals surface area contributed by atoms with Crippen LogP contribution in [0.4, 0.5) is 4.39 Å². The number of nitrogens with zero attached hydrogens (tertiary/aromatic N) is 1. The van der Waals surface area contributed by atoms with E-state index in [0.29, 0.717) is 18.9 Å². The van der Waals surface area contributed by atoms with Gasteiger partial charge in [0.2, 0.25) is 10.0 Å². The standard InChI is InChI=1S/C13H16FNO5S/c1-15(7-8-4-10(16)5-8)21(19,20)12-3-2-9(13(17)18)6-11(12)14/h2-3,6,8,10,16H,4-5,7H2,1H3,(H,17,18). The number of aliphatic hydroxyl groups excluding tert-OH is 1. The monoisotopic (exact) mass is 317 g/mol. The normalized spacial score (nSPS) is 22.1. The molecule has 0 radical (unpaired) electrons. The smallest absolute Gasteiger partial charge is 0.335 e. The van der Waals surface area contributed by atoms with Crippen LogP contribution in [0.5, 0.6) is 0 Å². The minimum absolute atomic E-state index is 0.0566. The van der Waals surface area contributed by atoms with E-state index in [1.165, 1.54) is 7.05 Å². The van der Waals surface area contributed by atoms with Crippen LogP contribution in [0.3, 0.4) is 0 Å². The molecule has 8 heteroatoms. The van der Waals surface area contributed by atoms with E-state index >= 15 is 0 Å². The van der Waals surface area contributed by atoms with Gasteiger partial charge in [-0.05, 0) is 37.0 Å². The topological polar surface area (TPSA) is 94.9 Å². The minimum atomic E-state index is -4.02. The Bertz CT molecular complexity index is 655. The largest absolute Gasteiger partial charge is 0.478 e. The molecule has 0 bridgehead atoms. The van der Waals surface area contributed by atoms with E-state index in [9.17, 15) is 22.7 Å². The van der Waals surface area contributed by atoms with E-state index in [4.69, 9.17) is 5.11 Å². The Kier molecular flexibility index (Phi) is 4.31. The summed E-state index contributed by atoms with van der Waals surface area (Å²) in [6, 6.07) is 2.70. The van der Waals surface area contributed by atoms with Crippen molar-refractivity contribution in [3.63, 3.8) is 0 Å². The average molecular weight is 317 g/mol. The number of carbonyl (C=O) groups is 1. The van der Waals surface area contributed by atoms with Crippen molar-refractivity contribution in [2.24, 2.45) is 5.92 Å². The van der Waals surface area contributed by atoms with Gasteiger partial charge in [-0.1, -0.05) is 0 Å². The van der Waals surface area contributed by atoms with Gasteiger partial charge in [-0.25, -0.2) is 21.9 Å². The number of sulfonamides is 1. The van der Waals surface area contributed by atoms with E-state index in [1.807, 2.05) is 0 Å². The van der Waals surface area contributed by atoms with Gasteiger partial charge in [-0.2, -0.15) is 0 Å². The maximum absolute atomic E-state index is 13.9. The second-order valence-corrected chi connectivity index (χ2v) is 7.24. The number of carboxylic acid groups (broad SMARTS) is 1. The molecule has 1 aromatic carbocycles. The summed E-state index contributed by atoms with van der Waals surface area (Å²) >= 11 is 0. The molecule has 2 rings (SSSR count). The lowest BCUT2D eigenvalue weighted by atomic mass is 9.82. The van der Waals surface area contributed by atoms with Crippen LogP contribution in [0.25, 0.3) is 0 Å². The molecular weight excluding hydrogens is 301 g/mol. The number of benzene rings is 1. The first-order valence-electron chi connectivity index (χ1n) is 6.39. The zero-order valence-electron chi connectivity index (χ0n) is 11.4. The fourth-order valence-corrected chi connectivity index (χ4v) is 3.61. The van der Waals surface area contributed by atoms with Gasteiger partial charge in [0.25, 0.3) is 0 Å². The molecule has 0 aromatic heterocycles. The van der Waals surface area contributed by atoms with Crippen molar-refractivity contribution in [3.05, 3.63) is 29.6 Å². The van der Waals surface area contributed by atoms with E-state index in [1.54, 1.807) is 0 Å². The van der Waals surface area contributed by atoms with Crippen molar-refractivity contribution in [2.45, 2.75) is 23.8 Å². The number of carboxylic acids is 1. The molecule has 6 nitrogen and oxygen atoms in total. The van der Waals surface area contributed by atoms with Gasteiger partial charge in [-0.3, -0.25) is 0 Å². The molecular formula is C13H16FNO5S. The summed E-state index contributed by atoms with van der Waals surface area (Å²) in [7, 11) is -2.68. The lowest BCUT2D eigenvalue weighted by molar-refractivity contribution is 0.0367. The van der Waals surface area contributed by atoms with Gasteiger partial charge in [0.1, 0.15) is 10.7 Å². The van der Waals surface area contributed by atoms with Crippen LogP contribution in [0.1, 0.15) is 23.2 Å². The number of halogens is 1. The van der Waals surface area contributed by atoms with Crippen LogP contribution in [0, 0.1) is 11.7 Å². The first-order chi connectivity index (χ1) is 9.71. The highest BCUT2D eigenvalue weighted by molar-refractivity contribution is 7.89. The van der Waals surface area contributed by atoms with Crippen molar-refractivity contribution in [2.75, 3.05) is 13.6 Å². The predicted octanol–water partition coefficient (Wildman–Crippen LogP) is 0.915. The third-order valence-electron chi connectivity index (χ3n) is 3.59. The Morgan fingerprint density at radius 1 is 1.43 bits per heavy atom. The fraction of sp³-hybridized carbons (Fsp3) is 0.462. The highest BCUT2D eigenvalue weighted by atomic mass is 32.2. The molecule has 0 spiro atoms. The highest BCUT2D eigenvalue weighted by Gasteiger charge is 2.32. The van der Waals surface area contributed by atoms with E-state index < -0.39 is 32.8 Å². The summed E-state index contributed by atoms with van der Waals surface area (Å²) in [5.41, 5.74) is -0.309. The van der Waals surface area contributed by atoms with Gasteiger partial charge in [0.05, 0.1) is 11.7 Å². The number of aliphatic hydroxyl groups is 1. The quantitative estimate of drug-likeness (QED) is 0.842. The molecule has 1 aliphatic carbocycles. The van der Waals surface area contributed by atoms with Crippen LogP contribution >= 0.6 is 0 Å². The van der Waals surface area contributed by atoms with Crippen LogP contribution in [0.2, 0.25) is 0 Å². The van der Waals surface area contributed by atoms with Crippen molar-refractivity contribution in [3.8, 4) is 0 Å². The molecule has 0 saturated heterocycles. The molecule has 1 aromatic rings.